The Morgan fingerprint density at radius 3 is 1.70 bits per heavy atom. The van der Waals surface area contributed by atoms with Crippen LogP contribution >= 0.6 is 22.7 Å². The second kappa shape index (κ2) is 3.58. The predicted molar refractivity (Wildman–Crippen MR) is 52.6 cm³/mol. The molecule has 0 aromatic carbocycles. The van der Waals surface area contributed by atoms with Crippen molar-refractivity contribution in [1.82, 2.24) is 0 Å². The van der Waals surface area contributed by atoms with Gasteiger partial charge in [-0.2, -0.15) is 0 Å². The Morgan fingerprint density at radius 1 is 1.20 bits per heavy atom. The van der Waals surface area contributed by atoms with Gasteiger partial charge in [0.15, 0.2) is 8.32 Å². The molecule has 0 aromatic heterocycles. The fraction of sp³-hybridized carbons (Fsp3) is 1.00. The third-order valence-electron chi connectivity index (χ3n) is 0.841. The first kappa shape index (κ1) is 11.0. The minimum atomic E-state index is -1.86. The van der Waals surface area contributed by atoms with Gasteiger partial charge in [-0.25, -0.2) is 0 Å². The maximum absolute atomic E-state index is 5.99. The molecule has 0 saturated heterocycles. The fourth-order valence-corrected chi connectivity index (χ4v) is 8.53. The summed E-state index contributed by atoms with van der Waals surface area (Å²) < 4.78 is 5.69. The summed E-state index contributed by atoms with van der Waals surface area (Å²) in [6, 6.07) is 0. The van der Waals surface area contributed by atoms with E-state index in [0.717, 1.165) is 0 Å². The van der Waals surface area contributed by atoms with Crippen molar-refractivity contribution in [2.24, 2.45) is 0 Å². The van der Waals surface area contributed by atoms with Crippen LogP contribution in [-0.4, -0.2) is 21.4 Å². The van der Waals surface area contributed by atoms with E-state index in [9.17, 15) is 0 Å². The van der Waals surface area contributed by atoms with Gasteiger partial charge in [-0.05, 0) is 26.2 Å². The van der Waals surface area contributed by atoms with Crippen molar-refractivity contribution < 1.29 is 4.12 Å². The number of rotatable bonds is 3. The van der Waals surface area contributed by atoms with Crippen LogP contribution in [-0.2, 0) is 4.12 Å². The van der Waals surface area contributed by atoms with E-state index in [1.54, 1.807) is 0 Å². The average Bonchev–Trinajstić information content (AvgIpc) is 1.60. The van der Waals surface area contributed by atoms with E-state index in [1.807, 2.05) is 13.1 Å². The van der Waals surface area contributed by atoms with Crippen molar-refractivity contribution in [3.63, 3.8) is 0 Å². The molecule has 0 radical (unpaired) electrons. The smallest absolute Gasteiger partial charge is 0.274 e. The molecular weight excluding hydrogens is 203 g/mol. The van der Waals surface area contributed by atoms with Crippen molar-refractivity contribution in [3.05, 3.63) is 0 Å². The summed E-state index contributed by atoms with van der Waals surface area (Å²) in [5.41, 5.74) is 0.621. The lowest BCUT2D eigenvalue weighted by molar-refractivity contribution is 0.572. The maximum Gasteiger partial charge on any atom is 0.274 e. The Labute approximate surface area is 74.6 Å². The quantitative estimate of drug-likeness (QED) is 0.401. The molecule has 0 spiro atoms. The summed E-state index contributed by atoms with van der Waals surface area (Å²) in [4.78, 5) is 0. The molecule has 0 amide bonds. The molecule has 0 atom stereocenters. The van der Waals surface area contributed by atoms with Crippen LogP contribution in [0.3, 0.4) is 0 Å². The zero-order chi connectivity index (χ0) is 8.41. The molecule has 5 heteroatoms. The first-order valence-electron chi connectivity index (χ1n) is 3.22. The molecule has 0 aliphatic rings. The highest BCUT2D eigenvalue weighted by molar-refractivity contribution is 7.18. The maximum atomic E-state index is 5.99. The Morgan fingerprint density at radius 2 is 1.60 bits per heavy atom. The normalized spacial score (nSPS) is 13.8. The minimum absolute atomic E-state index is 0.621. The van der Waals surface area contributed by atoms with Gasteiger partial charge in [-0.15, -0.1) is 22.7 Å². The van der Waals surface area contributed by atoms with Crippen LogP contribution in [0, 0.1) is 0 Å². The molecule has 0 N–H and O–H groups in total. The second-order valence-electron chi connectivity index (χ2n) is 3.36. The SMILES string of the molecule is C[Si](C)(Cl)O[Si](C)(C)CCl. The van der Waals surface area contributed by atoms with Crippen LogP contribution in [0.15, 0.2) is 0 Å². The Bertz CT molecular complexity index is 111. The van der Waals surface area contributed by atoms with E-state index < -0.39 is 15.9 Å². The largest absolute Gasteiger partial charge is 0.444 e. The van der Waals surface area contributed by atoms with Crippen molar-refractivity contribution in [2.75, 3.05) is 5.50 Å². The summed E-state index contributed by atoms with van der Waals surface area (Å²) in [5.74, 6) is 0. The van der Waals surface area contributed by atoms with E-state index in [4.69, 9.17) is 26.8 Å². The molecule has 0 aromatic rings. The van der Waals surface area contributed by atoms with Crippen LogP contribution in [0.4, 0.5) is 0 Å². The molecule has 0 aliphatic heterocycles. The number of hydrogen-bond donors (Lipinski definition) is 0. The first-order chi connectivity index (χ1) is 4.27. The number of hydrogen-bond acceptors (Lipinski definition) is 1. The van der Waals surface area contributed by atoms with E-state index >= 15 is 0 Å². The molecule has 0 heterocycles. The zero-order valence-electron chi connectivity index (χ0n) is 6.87. The summed E-state index contributed by atoms with van der Waals surface area (Å²) in [7, 11) is -3.48. The lowest BCUT2D eigenvalue weighted by atomic mass is 11.8. The third-order valence-corrected chi connectivity index (χ3v) is 8.26. The minimum Gasteiger partial charge on any atom is -0.444 e. The second-order valence-corrected chi connectivity index (χ2v) is 14.2. The Kier molecular flexibility index (Phi) is 3.93. The predicted octanol–water partition coefficient (Wildman–Crippen LogP) is 2.93. The lowest BCUT2D eigenvalue weighted by Crippen LogP contribution is -2.42. The molecule has 0 rings (SSSR count). The Hall–Kier alpha value is 0.974. The summed E-state index contributed by atoms with van der Waals surface area (Å²) in [5, 5.41) is 0. The third kappa shape index (κ3) is 5.74. The van der Waals surface area contributed by atoms with E-state index in [1.165, 1.54) is 0 Å². The number of alkyl halides is 1. The molecule has 0 unspecified atom stereocenters. The van der Waals surface area contributed by atoms with Crippen molar-refractivity contribution in [1.29, 1.82) is 0 Å². The molecule has 62 valence electrons. The summed E-state index contributed by atoms with van der Waals surface area (Å²) in [6.07, 6.45) is 0. The molecule has 0 fully saturated rings. The van der Waals surface area contributed by atoms with Crippen LogP contribution in [0.1, 0.15) is 0 Å². The monoisotopic (exact) mass is 216 g/mol. The van der Waals surface area contributed by atoms with Gasteiger partial charge in [0.2, 0.25) is 0 Å². The Balaban J connectivity index is 3.89. The van der Waals surface area contributed by atoms with E-state index in [2.05, 4.69) is 13.1 Å². The van der Waals surface area contributed by atoms with Crippen LogP contribution in [0.2, 0.25) is 26.2 Å². The van der Waals surface area contributed by atoms with Crippen LogP contribution in [0.5, 0.6) is 0 Å². The van der Waals surface area contributed by atoms with Gasteiger partial charge in [0.1, 0.15) is 0 Å². The first-order valence-corrected chi connectivity index (χ1v) is 10.8. The fourth-order valence-electron chi connectivity index (χ4n) is 0.684. The van der Waals surface area contributed by atoms with Gasteiger partial charge < -0.3 is 4.12 Å². The van der Waals surface area contributed by atoms with Gasteiger partial charge in [0.25, 0.3) is 7.63 Å². The lowest BCUT2D eigenvalue weighted by Gasteiger charge is -2.27. The highest BCUT2D eigenvalue weighted by Crippen LogP contribution is 2.18. The summed E-state index contributed by atoms with van der Waals surface area (Å²) in [6.45, 7) is 8.10. The molecule has 0 aliphatic carbocycles. The van der Waals surface area contributed by atoms with Crippen LogP contribution < -0.4 is 0 Å². The van der Waals surface area contributed by atoms with Crippen molar-refractivity contribution in [3.8, 4) is 0 Å². The highest BCUT2D eigenvalue weighted by Gasteiger charge is 2.30. The molecule has 1 nitrogen and oxygen atoms in total. The van der Waals surface area contributed by atoms with E-state index in [0.29, 0.717) is 5.50 Å². The highest BCUT2D eigenvalue weighted by atomic mass is 35.6. The number of halogens is 2. The topological polar surface area (TPSA) is 9.23 Å². The van der Waals surface area contributed by atoms with Gasteiger partial charge in [0, 0.05) is 5.50 Å². The standard InChI is InChI=1S/C5H14Cl2OSi2/c1-9(2,5-6)8-10(3,4)7/h5H2,1-4H3. The molecular formula is C5H14Cl2OSi2. The van der Waals surface area contributed by atoms with Gasteiger partial charge in [-0.3, -0.25) is 0 Å². The molecule has 0 bridgehead atoms. The van der Waals surface area contributed by atoms with Crippen molar-refractivity contribution in [2.45, 2.75) is 26.2 Å². The zero-order valence-corrected chi connectivity index (χ0v) is 10.4. The van der Waals surface area contributed by atoms with Gasteiger partial charge in [-0.1, -0.05) is 0 Å². The summed E-state index contributed by atoms with van der Waals surface area (Å²) >= 11 is 11.7. The van der Waals surface area contributed by atoms with E-state index in [-0.39, 0.29) is 0 Å². The van der Waals surface area contributed by atoms with Crippen LogP contribution in [0.25, 0.3) is 0 Å². The molecule has 10 heavy (non-hydrogen) atoms. The average molecular weight is 217 g/mol. The van der Waals surface area contributed by atoms with Gasteiger partial charge in [0.05, 0.1) is 0 Å². The molecule has 0 saturated carbocycles. The van der Waals surface area contributed by atoms with Crippen molar-refractivity contribution >= 4 is 38.6 Å². The van der Waals surface area contributed by atoms with Gasteiger partial charge >= 0.3 is 0 Å².